The number of amides is 1. The summed E-state index contributed by atoms with van der Waals surface area (Å²) >= 11 is 0. The van der Waals surface area contributed by atoms with Gasteiger partial charge in [-0.15, -0.1) is 0 Å². The highest BCUT2D eigenvalue weighted by molar-refractivity contribution is 5.99. The number of carbonyl (C=O) groups is 2. The van der Waals surface area contributed by atoms with Crippen LogP contribution in [0.1, 0.15) is 81.5 Å². The lowest BCUT2D eigenvalue weighted by Crippen LogP contribution is -2.22. The molecule has 1 amide bonds. The predicted octanol–water partition coefficient (Wildman–Crippen LogP) is 5.98. The molecular formula is C29H39NO7. The van der Waals surface area contributed by atoms with E-state index in [0.717, 1.165) is 17.7 Å². The average Bonchev–Trinajstić information content (AvgIpc) is 2.82. The van der Waals surface area contributed by atoms with Crippen LogP contribution in [0.25, 0.3) is 0 Å². The van der Waals surface area contributed by atoms with Crippen molar-refractivity contribution in [2.24, 2.45) is 11.3 Å². The van der Waals surface area contributed by atoms with E-state index in [-0.39, 0.29) is 22.6 Å². The van der Waals surface area contributed by atoms with E-state index < -0.39 is 23.4 Å². The maximum Gasteiger partial charge on any atom is 0.410 e. The van der Waals surface area contributed by atoms with Crippen LogP contribution in [0.4, 0.5) is 4.79 Å². The van der Waals surface area contributed by atoms with Crippen molar-refractivity contribution in [3.8, 4) is 11.5 Å². The molecule has 37 heavy (non-hydrogen) atoms. The number of nitrogens with one attached hydrogen (secondary N) is 1. The first-order valence-electron chi connectivity index (χ1n) is 12.5. The Morgan fingerprint density at radius 2 is 1.92 bits per heavy atom. The first-order chi connectivity index (χ1) is 17.4. The number of methoxy groups -OCH3 is 1. The molecule has 202 valence electrons. The highest BCUT2D eigenvalue weighted by Gasteiger charge is 2.25. The third-order valence-corrected chi connectivity index (χ3v) is 5.96. The maximum atomic E-state index is 13.1. The molecule has 0 aliphatic rings. The van der Waals surface area contributed by atoms with E-state index >= 15 is 0 Å². The Hall–Kier alpha value is -3.55. The highest BCUT2D eigenvalue weighted by atomic mass is 16.5. The number of rotatable bonds is 12. The quantitative estimate of drug-likeness (QED) is 0.336. The van der Waals surface area contributed by atoms with Gasteiger partial charge in [0.25, 0.3) is 0 Å². The van der Waals surface area contributed by atoms with E-state index in [0.29, 0.717) is 31.6 Å². The third-order valence-electron chi connectivity index (χ3n) is 5.96. The first-order valence-corrected chi connectivity index (χ1v) is 12.5. The van der Waals surface area contributed by atoms with Gasteiger partial charge in [0, 0.05) is 24.1 Å². The fourth-order valence-electron chi connectivity index (χ4n) is 3.66. The number of ketones is 1. The predicted molar refractivity (Wildman–Crippen MR) is 142 cm³/mol. The number of hydrogen-bond donors (Lipinski definition) is 2. The van der Waals surface area contributed by atoms with Crippen LogP contribution < -0.4 is 15.7 Å². The molecule has 1 aromatic heterocycles. The van der Waals surface area contributed by atoms with Crippen LogP contribution in [0.2, 0.25) is 0 Å². The number of benzene rings is 1. The minimum atomic E-state index is -0.846. The van der Waals surface area contributed by atoms with Crippen molar-refractivity contribution in [2.75, 3.05) is 13.7 Å². The molecule has 2 N–H and O–H groups in total. The van der Waals surface area contributed by atoms with Crippen molar-refractivity contribution in [3.63, 3.8) is 0 Å². The fourth-order valence-corrected chi connectivity index (χ4v) is 3.66. The van der Waals surface area contributed by atoms with Crippen LogP contribution in [0.5, 0.6) is 11.5 Å². The number of hydrogen-bond acceptors (Lipinski definition) is 7. The van der Waals surface area contributed by atoms with E-state index in [1.165, 1.54) is 19.4 Å². The maximum absolute atomic E-state index is 13.1. The van der Waals surface area contributed by atoms with Crippen LogP contribution >= 0.6 is 0 Å². The van der Waals surface area contributed by atoms with E-state index in [9.17, 15) is 19.5 Å². The molecule has 1 heterocycles. The first kappa shape index (κ1) is 29.7. The molecule has 0 bridgehead atoms. The largest absolute Gasteiger partial charge is 0.507 e. The number of carbonyl (C=O) groups excluding carboxylic acids is 2. The van der Waals surface area contributed by atoms with Gasteiger partial charge in [-0.25, -0.2) is 9.59 Å². The Labute approximate surface area is 218 Å². The highest BCUT2D eigenvalue weighted by Crippen LogP contribution is 2.27. The van der Waals surface area contributed by atoms with Crippen molar-refractivity contribution in [3.05, 3.63) is 69.9 Å². The summed E-state index contributed by atoms with van der Waals surface area (Å²) in [6.07, 6.45) is 5.15. The second-order valence-electron chi connectivity index (χ2n) is 10.5. The van der Waals surface area contributed by atoms with Gasteiger partial charge in [-0.3, -0.25) is 10.1 Å². The monoisotopic (exact) mass is 513 g/mol. The molecule has 2 aromatic rings. The molecule has 0 aliphatic carbocycles. The summed E-state index contributed by atoms with van der Waals surface area (Å²) in [6, 6.07) is 8.90. The van der Waals surface area contributed by atoms with Crippen molar-refractivity contribution in [1.82, 2.24) is 5.32 Å². The van der Waals surface area contributed by atoms with Gasteiger partial charge in [0.15, 0.2) is 5.78 Å². The summed E-state index contributed by atoms with van der Waals surface area (Å²) in [7, 11) is 1.28. The molecule has 8 nitrogen and oxygen atoms in total. The molecule has 2 unspecified atom stereocenters. The number of allylic oxidation sites excluding steroid dienone is 1. The zero-order valence-electron chi connectivity index (χ0n) is 22.6. The zero-order chi connectivity index (χ0) is 27.6. The minimum absolute atomic E-state index is 0.176. The van der Waals surface area contributed by atoms with Gasteiger partial charge >= 0.3 is 11.7 Å². The van der Waals surface area contributed by atoms with Crippen LogP contribution in [0, 0.1) is 11.3 Å². The van der Waals surface area contributed by atoms with E-state index in [1.807, 2.05) is 31.2 Å². The molecule has 0 radical (unpaired) electrons. The molecule has 2 rings (SSSR count). The Kier molecular flexibility index (Phi) is 11.0. The standard InChI is InChI=1S/C29H39NO7/c1-19(10-7-8-14-30-28(34)35-6)24-18-23(31)25(27(33)37-24)26(32)20(2)16-21-11-9-12-22(17-21)36-15-13-29(3,4)5/h8-9,11-12,14,17-20,31H,7,10,13,15-16H2,1-6H3,(H,30,34)/b14-8+. The Morgan fingerprint density at radius 1 is 1.19 bits per heavy atom. The Morgan fingerprint density at radius 3 is 2.57 bits per heavy atom. The lowest BCUT2D eigenvalue weighted by atomic mass is 9.92. The smallest absolute Gasteiger partial charge is 0.410 e. The van der Waals surface area contributed by atoms with Gasteiger partial charge in [-0.2, -0.15) is 0 Å². The summed E-state index contributed by atoms with van der Waals surface area (Å²) in [4.78, 5) is 36.7. The molecule has 1 aromatic carbocycles. The third kappa shape index (κ3) is 9.79. The van der Waals surface area contributed by atoms with Gasteiger partial charge in [0.2, 0.25) is 0 Å². The van der Waals surface area contributed by atoms with Crippen LogP contribution in [0.15, 0.2) is 51.8 Å². The molecule has 0 aliphatic heterocycles. The minimum Gasteiger partial charge on any atom is -0.507 e. The van der Waals surface area contributed by atoms with Crippen LogP contribution in [0.3, 0.4) is 0 Å². The summed E-state index contributed by atoms with van der Waals surface area (Å²) < 4.78 is 15.7. The Bertz CT molecular complexity index is 1140. The molecule has 8 heteroatoms. The van der Waals surface area contributed by atoms with Crippen LogP contribution in [-0.2, 0) is 11.2 Å². The molecular weight excluding hydrogens is 474 g/mol. The van der Waals surface area contributed by atoms with Gasteiger partial charge in [-0.1, -0.05) is 52.8 Å². The van der Waals surface area contributed by atoms with E-state index in [4.69, 9.17) is 9.15 Å². The topological polar surface area (TPSA) is 115 Å². The molecule has 0 fully saturated rings. The summed E-state index contributed by atoms with van der Waals surface area (Å²) in [5, 5.41) is 13.0. The Balaban J connectivity index is 2.02. The number of ether oxygens (including phenoxy) is 2. The van der Waals surface area contributed by atoms with Crippen LogP contribution in [-0.4, -0.2) is 30.7 Å². The van der Waals surface area contributed by atoms with Crippen molar-refractivity contribution < 1.29 is 28.6 Å². The summed E-state index contributed by atoms with van der Waals surface area (Å²) in [5.74, 6) is -0.559. The number of aromatic hydroxyl groups is 1. The zero-order valence-corrected chi connectivity index (χ0v) is 22.6. The molecule has 0 saturated heterocycles. The van der Waals surface area contributed by atoms with Gasteiger partial charge in [-0.05, 0) is 48.8 Å². The molecule has 2 atom stereocenters. The molecule has 0 spiro atoms. The lowest BCUT2D eigenvalue weighted by molar-refractivity contribution is 0.0921. The second kappa shape index (κ2) is 13.7. The van der Waals surface area contributed by atoms with E-state index in [2.05, 4.69) is 30.8 Å². The summed E-state index contributed by atoms with van der Waals surface area (Å²) in [5.41, 5.74) is -0.100. The van der Waals surface area contributed by atoms with E-state index in [1.54, 1.807) is 13.0 Å². The normalized spacial score (nSPS) is 13.2. The van der Waals surface area contributed by atoms with Gasteiger partial charge < -0.3 is 19.0 Å². The van der Waals surface area contributed by atoms with Gasteiger partial charge in [0.1, 0.15) is 22.8 Å². The summed E-state index contributed by atoms with van der Waals surface area (Å²) in [6.45, 7) is 10.6. The lowest BCUT2D eigenvalue weighted by Gasteiger charge is -2.18. The van der Waals surface area contributed by atoms with Crippen molar-refractivity contribution >= 4 is 11.9 Å². The van der Waals surface area contributed by atoms with Crippen molar-refractivity contribution in [1.29, 1.82) is 0 Å². The molecule has 0 saturated carbocycles. The number of Topliss-reactive ketones (excluding diaryl/α,β-unsaturated/α-hetero) is 1. The average molecular weight is 514 g/mol. The fraction of sp³-hybridized carbons (Fsp3) is 0.483. The van der Waals surface area contributed by atoms with Gasteiger partial charge in [0.05, 0.1) is 13.7 Å². The van der Waals surface area contributed by atoms with Crippen molar-refractivity contribution in [2.45, 2.75) is 66.2 Å². The number of alkyl carbamates (subject to hydrolysis) is 1. The second-order valence-corrected chi connectivity index (χ2v) is 10.5. The SMILES string of the molecule is COC(=O)N/C=C/CCC(C)c1cc(O)c(C(=O)C(C)Cc2cccc(OCCC(C)(C)C)c2)c(=O)o1.